The number of aromatic nitrogens is 1. The molecule has 0 spiro atoms. The minimum atomic E-state index is -4.97. The second kappa shape index (κ2) is 6.19. The highest BCUT2D eigenvalue weighted by atomic mass is 19.4. The van der Waals surface area contributed by atoms with Crippen LogP contribution in [-0.4, -0.2) is 47.9 Å². The highest BCUT2D eigenvalue weighted by Crippen LogP contribution is 2.19. The third kappa shape index (κ3) is 3.91. The monoisotopic (exact) mass is 289 g/mol. The Morgan fingerprint density at radius 1 is 1.55 bits per heavy atom. The molecular formula is C12H14F3N3O2. The standard InChI is InChI=1S/C12H14F3N3O2/c13-12(14,15)11(19)20-10-7-17-4-5-18(10)8-9-2-1-3-16-6-9/h1-3,6,10,17H,4-5,7-8H2. The molecule has 0 amide bonds. The number of ether oxygens (including phenoxy) is 1. The van der Waals surface area contributed by atoms with Crippen molar-refractivity contribution in [2.75, 3.05) is 19.6 Å². The summed E-state index contributed by atoms with van der Waals surface area (Å²) in [5, 5.41) is 2.91. The Balaban J connectivity index is 2.00. The van der Waals surface area contributed by atoms with Gasteiger partial charge in [0.15, 0.2) is 6.23 Å². The fourth-order valence-corrected chi connectivity index (χ4v) is 1.93. The van der Waals surface area contributed by atoms with Crippen LogP contribution in [0.5, 0.6) is 0 Å². The normalized spacial score (nSPS) is 20.6. The van der Waals surface area contributed by atoms with Crippen molar-refractivity contribution in [1.82, 2.24) is 15.2 Å². The van der Waals surface area contributed by atoms with Gasteiger partial charge in [-0.05, 0) is 11.6 Å². The number of nitrogens with one attached hydrogen (secondary N) is 1. The number of alkyl halides is 3. The van der Waals surface area contributed by atoms with Crippen molar-refractivity contribution in [3.05, 3.63) is 30.1 Å². The van der Waals surface area contributed by atoms with Crippen LogP contribution in [0.15, 0.2) is 24.5 Å². The molecule has 8 heteroatoms. The quantitative estimate of drug-likeness (QED) is 0.839. The number of rotatable bonds is 3. The zero-order valence-electron chi connectivity index (χ0n) is 10.6. The first kappa shape index (κ1) is 14.7. The minimum absolute atomic E-state index is 0.169. The van der Waals surface area contributed by atoms with Gasteiger partial charge in [0.1, 0.15) is 0 Å². The van der Waals surface area contributed by atoms with Crippen molar-refractivity contribution < 1.29 is 22.7 Å². The lowest BCUT2D eigenvalue weighted by Crippen LogP contribution is -2.53. The van der Waals surface area contributed by atoms with E-state index in [2.05, 4.69) is 15.0 Å². The van der Waals surface area contributed by atoms with E-state index in [1.165, 1.54) is 0 Å². The number of hydrogen-bond donors (Lipinski definition) is 1. The summed E-state index contributed by atoms with van der Waals surface area (Å²) in [5.74, 6) is -2.16. The Labute approximate surface area is 113 Å². The summed E-state index contributed by atoms with van der Waals surface area (Å²) in [6.07, 6.45) is -2.66. The van der Waals surface area contributed by atoms with E-state index in [9.17, 15) is 18.0 Å². The number of carbonyl (C=O) groups excluding carboxylic acids is 1. The van der Waals surface area contributed by atoms with Gasteiger partial charge < -0.3 is 10.1 Å². The van der Waals surface area contributed by atoms with Crippen LogP contribution in [0.2, 0.25) is 0 Å². The van der Waals surface area contributed by atoms with Crippen LogP contribution >= 0.6 is 0 Å². The lowest BCUT2D eigenvalue weighted by molar-refractivity contribution is -0.214. The average Bonchev–Trinajstić information content (AvgIpc) is 2.41. The van der Waals surface area contributed by atoms with E-state index < -0.39 is 18.4 Å². The molecule has 0 aromatic carbocycles. The van der Waals surface area contributed by atoms with Gasteiger partial charge in [-0.15, -0.1) is 0 Å². The molecule has 2 rings (SSSR count). The van der Waals surface area contributed by atoms with Crippen LogP contribution in [0.3, 0.4) is 0 Å². The molecule has 1 saturated heterocycles. The molecule has 0 bridgehead atoms. The van der Waals surface area contributed by atoms with Gasteiger partial charge >= 0.3 is 12.1 Å². The van der Waals surface area contributed by atoms with Crippen LogP contribution in [-0.2, 0) is 16.1 Å². The molecule has 1 aromatic rings. The first-order chi connectivity index (χ1) is 9.47. The van der Waals surface area contributed by atoms with Crippen molar-refractivity contribution in [1.29, 1.82) is 0 Å². The minimum Gasteiger partial charge on any atom is -0.438 e. The summed E-state index contributed by atoms with van der Waals surface area (Å²) >= 11 is 0. The Bertz CT molecular complexity index is 453. The average molecular weight is 289 g/mol. The van der Waals surface area contributed by atoms with Crippen LogP contribution in [0, 0.1) is 0 Å². The molecule has 1 N–H and O–H groups in total. The fourth-order valence-electron chi connectivity index (χ4n) is 1.93. The predicted octanol–water partition coefficient (Wildman–Crippen LogP) is 0.918. The largest absolute Gasteiger partial charge is 0.490 e. The Hall–Kier alpha value is -1.67. The molecule has 110 valence electrons. The lowest BCUT2D eigenvalue weighted by Gasteiger charge is -2.35. The highest BCUT2D eigenvalue weighted by molar-refractivity contribution is 5.75. The zero-order chi connectivity index (χ0) is 14.6. The number of piperazine rings is 1. The van der Waals surface area contributed by atoms with E-state index in [1.807, 2.05) is 6.07 Å². The Kier molecular flexibility index (Phi) is 4.56. The van der Waals surface area contributed by atoms with E-state index in [0.29, 0.717) is 19.6 Å². The van der Waals surface area contributed by atoms with Crippen LogP contribution < -0.4 is 5.32 Å². The summed E-state index contributed by atoms with van der Waals surface area (Å²) in [6, 6.07) is 3.56. The summed E-state index contributed by atoms with van der Waals surface area (Å²) in [5.41, 5.74) is 0.849. The van der Waals surface area contributed by atoms with Crippen LogP contribution in [0.4, 0.5) is 13.2 Å². The predicted molar refractivity (Wildman–Crippen MR) is 63.5 cm³/mol. The molecule has 0 saturated carbocycles. The first-order valence-corrected chi connectivity index (χ1v) is 6.08. The Morgan fingerprint density at radius 3 is 3.00 bits per heavy atom. The van der Waals surface area contributed by atoms with Crippen molar-refractivity contribution in [3.8, 4) is 0 Å². The summed E-state index contributed by atoms with van der Waals surface area (Å²) in [7, 11) is 0. The summed E-state index contributed by atoms with van der Waals surface area (Å²) in [6.45, 7) is 1.67. The smallest absolute Gasteiger partial charge is 0.438 e. The van der Waals surface area contributed by atoms with Crippen molar-refractivity contribution in [3.63, 3.8) is 0 Å². The van der Waals surface area contributed by atoms with E-state index >= 15 is 0 Å². The van der Waals surface area contributed by atoms with E-state index in [0.717, 1.165) is 5.56 Å². The fraction of sp³-hybridized carbons (Fsp3) is 0.500. The van der Waals surface area contributed by atoms with Gasteiger partial charge in [0, 0.05) is 38.6 Å². The topological polar surface area (TPSA) is 54.5 Å². The molecule has 1 aromatic heterocycles. The lowest BCUT2D eigenvalue weighted by atomic mass is 10.2. The van der Waals surface area contributed by atoms with Crippen molar-refractivity contribution in [2.45, 2.75) is 18.9 Å². The van der Waals surface area contributed by atoms with Gasteiger partial charge in [0.2, 0.25) is 0 Å². The van der Waals surface area contributed by atoms with Crippen LogP contribution in [0.1, 0.15) is 5.56 Å². The number of esters is 1. The molecule has 20 heavy (non-hydrogen) atoms. The Morgan fingerprint density at radius 2 is 2.35 bits per heavy atom. The first-order valence-electron chi connectivity index (χ1n) is 6.08. The maximum Gasteiger partial charge on any atom is 0.490 e. The summed E-state index contributed by atoms with van der Waals surface area (Å²) < 4.78 is 41.2. The van der Waals surface area contributed by atoms with Gasteiger partial charge in [-0.3, -0.25) is 9.88 Å². The molecule has 0 radical (unpaired) electrons. The van der Waals surface area contributed by atoms with Gasteiger partial charge in [0.05, 0.1) is 0 Å². The SMILES string of the molecule is O=C(OC1CNCCN1Cc1cccnc1)C(F)(F)F. The second-order valence-electron chi connectivity index (χ2n) is 4.39. The summed E-state index contributed by atoms with van der Waals surface area (Å²) in [4.78, 5) is 16.5. The number of halogens is 3. The van der Waals surface area contributed by atoms with Gasteiger partial charge in [-0.25, -0.2) is 4.79 Å². The van der Waals surface area contributed by atoms with Gasteiger partial charge in [-0.1, -0.05) is 6.07 Å². The molecular weight excluding hydrogens is 275 g/mol. The van der Waals surface area contributed by atoms with E-state index in [-0.39, 0.29) is 6.54 Å². The molecule has 1 atom stereocenters. The number of pyridine rings is 1. The third-order valence-electron chi connectivity index (χ3n) is 2.89. The number of hydrogen-bond acceptors (Lipinski definition) is 5. The number of carbonyl (C=O) groups is 1. The molecule has 1 unspecified atom stereocenters. The zero-order valence-corrected chi connectivity index (χ0v) is 10.6. The van der Waals surface area contributed by atoms with E-state index in [1.54, 1.807) is 23.4 Å². The van der Waals surface area contributed by atoms with Gasteiger partial charge in [-0.2, -0.15) is 13.2 Å². The van der Waals surface area contributed by atoms with Gasteiger partial charge in [0.25, 0.3) is 0 Å². The molecule has 0 aliphatic carbocycles. The second-order valence-corrected chi connectivity index (χ2v) is 4.39. The highest BCUT2D eigenvalue weighted by Gasteiger charge is 2.43. The van der Waals surface area contributed by atoms with Crippen LogP contribution in [0.25, 0.3) is 0 Å². The maximum absolute atomic E-state index is 12.2. The van der Waals surface area contributed by atoms with Crippen molar-refractivity contribution in [2.24, 2.45) is 0 Å². The molecule has 5 nitrogen and oxygen atoms in total. The van der Waals surface area contributed by atoms with Crippen molar-refractivity contribution >= 4 is 5.97 Å². The molecule has 1 aliphatic rings. The number of nitrogens with zero attached hydrogens (tertiary/aromatic N) is 2. The third-order valence-corrected chi connectivity index (χ3v) is 2.89. The van der Waals surface area contributed by atoms with E-state index in [4.69, 9.17) is 0 Å². The molecule has 2 heterocycles. The molecule has 1 aliphatic heterocycles. The maximum atomic E-state index is 12.2. The molecule has 1 fully saturated rings.